The number of nitrogens with one attached hydrogen (secondary N) is 1. The van der Waals surface area contributed by atoms with Crippen molar-refractivity contribution in [1.29, 1.82) is 0 Å². The van der Waals surface area contributed by atoms with E-state index in [4.69, 9.17) is 4.98 Å². The van der Waals surface area contributed by atoms with Crippen molar-refractivity contribution in [3.05, 3.63) is 70.1 Å². The van der Waals surface area contributed by atoms with Crippen molar-refractivity contribution in [3.63, 3.8) is 0 Å². The molecular weight excluding hydrogens is 442 g/mol. The Balaban J connectivity index is 1.72. The van der Waals surface area contributed by atoms with Gasteiger partial charge in [0.2, 0.25) is 14.9 Å². The smallest absolute Gasteiger partial charge is 0.229 e. The van der Waals surface area contributed by atoms with Crippen molar-refractivity contribution >= 4 is 48.5 Å². The van der Waals surface area contributed by atoms with Gasteiger partial charge >= 0.3 is 0 Å². The third-order valence-corrected chi connectivity index (χ3v) is 8.17. The van der Waals surface area contributed by atoms with E-state index in [1.54, 1.807) is 18.2 Å². The molecule has 0 saturated heterocycles. The summed E-state index contributed by atoms with van der Waals surface area (Å²) in [6, 6.07) is 13.1. The highest BCUT2D eigenvalue weighted by Gasteiger charge is 2.27. The lowest BCUT2D eigenvalue weighted by Crippen LogP contribution is -2.06. The van der Waals surface area contributed by atoms with Gasteiger partial charge < -0.3 is 5.32 Å². The molecule has 5 rings (SSSR count). The normalized spacial score (nSPS) is 12.0. The molecule has 0 saturated carbocycles. The second-order valence-corrected chi connectivity index (χ2v) is 10.7. The van der Waals surface area contributed by atoms with Gasteiger partial charge in [0.15, 0.2) is 11.5 Å². The molecule has 3 heterocycles. The second-order valence-electron chi connectivity index (χ2n) is 7.92. The van der Waals surface area contributed by atoms with Crippen LogP contribution in [0.1, 0.15) is 22.3 Å². The third-order valence-electron chi connectivity index (χ3n) is 5.61. The number of nitrogens with zero attached hydrogens (tertiary/aromatic N) is 4. The lowest BCUT2D eigenvalue weighted by atomic mass is 10.1. The number of aromatic nitrogens is 4. The monoisotopic (exact) mass is 463 g/mol. The van der Waals surface area contributed by atoms with E-state index in [1.165, 1.54) is 15.9 Å². The molecule has 0 fully saturated rings. The summed E-state index contributed by atoms with van der Waals surface area (Å²) in [6.07, 6.45) is 0. The van der Waals surface area contributed by atoms with Gasteiger partial charge in [0.05, 0.1) is 15.1 Å². The molecule has 0 unspecified atom stereocenters. The third kappa shape index (κ3) is 3.25. The van der Waals surface area contributed by atoms with E-state index in [-0.39, 0.29) is 15.6 Å². The number of thiophene rings is 1. The summed E-state index contributed by atoms with van der Waals surface area (Å²) in [5, 5.41) is 13.3. The fourth-order valence-corrected chi connectivity index (χ4v) is 5.71. The number of hydrogen-bond acceptors (Lipinski definition) is 7. The van der Waals surface area contributed by atoms with Crippen LogP contribution in [0.4, 0.5) is 11.5 Å². The first-order valence-electron chi connectivity index (χ1n) is 10.0. The van der Waals surface area contributed by atoms with Gasteiger partial charge in [-0.25, -0.2) is 13.4 Å². The zero-order valence-corrected chi connectivity index (χ0v) is 19.7. The van der Waals surface area contributed by atoms with Gasteiger partial charge in [-0.05, 0) is 79.6 Å². The average Bonchev–Trinajstić information content (AvgIpc) is 3.40. The lowest BCUT2D eigenvalue weighted by molar-refractivity contribution is 0.592. The summed E-state index contributed by atoms with van der Waals surface area (Å²) in [4.78, 5) is 4.87. The fourth-order valence-electron chi connectivity index (χ4n) is 3.57. The molecule has 0 bridgehead atoms. The predicted octanol–water partition coefficient (Wildman–Crippen LogP) is 5.15. The number of aryl methyl sites for hydroxylation is 4. The predicted molar refractivity (Wildman–Crippen MR) is 127 cm³/mol. The molecule has 0 aliphatic rings. The maximum absolute atomic E-state index is 13.4. The number of fused-ring (bicyclic) bond motifs is 3. The average molecular weight is 464 g/mol. The van der Waals surface area contributed by atoms with Crippen LogP contribution in [0.25, 0.3) is 15.9 Å². The van der Waals surface area contributed by atoms with Gasteiger partial charge in [-0.3, -0.25) is 0 Å². The lowest BCUT2D eigenvalue weighted by Gasteiger charge is -2.11. The zero-order valence-electron chi connectivity index (χ0n) is 18.0. The van der Waals surface area contributed by atoms with Gasteiger partial charge in [0, 0.05) is 5.69 Å². The summed E-state index contributed by atoms with van der Waals surface area (Å²) >= 11 is 1.51. The van der Waals surface area contributed by atoms with Crippen molar-refractivity contribution < 1.29 is 8.42 Å². The summed E-state index contributed by atoms with van der Waals surface area (Å²) in [7, 11) is -3.90. The van der Waals surface area contributed by atoms with E-state index in [2.05, 4.69) is 15.6 Å². The Morgan fingerprint density at radius 2 is 1.72 bits per heavy atom. The molecule has 32 heavy (non-hydrogen) atoms. The molecule has 162 valence electrons. The van der Waals surface area contributed by atoms with E-state index in [9.17, 15) is 8.42 Å². The second kappa shape index (κ2) is 7.39. The molecule has 0 spiro atoms. The molecule has 0 radical (unpaired) electrons. The molecule has 1 N–H and O–H groups in total. The summed E-state index contributed by atoms with van der Waals surface area (Å²) in [6.45, 7) is 7.87. The van der Waals surface area contributed by atoms with E-state index in [1.807, 2.05) is 57.3 Å². The Hall–Kier alpha value is -3.30. The van der Waals surface area contributed by atoms with Crippen LogP contribution in [0.3, 0.4) is 0 Å². The van der Waals surface area contributed by atoms with Gasteiger partial charge in [0.25, 0.3) is 0 Å². The van der Waals surface area contributed by atoms with Crippen LogP contribution < -0.4 is 5.32 Å². The van der Waals surface area contributed by atoms with Gasteiger partial charge in [-0.15, -0.1) is 16.4 Å². The minimum absolute atomic E-state index is 0.155. The van der Waals surface area contributed by atoms with Gasteiger partial charge in [-0.2, -0.15) is 4.52 Å². The highest BCUT2D eigenvalue weighted by molar-refractivity contribution is 7.91. The van der Waals surface area contributed by atoms with Crippen molar-refractivity contribution in [3.8, 4) is 0 Å². The summed E-state index contributed by atoms with van der Waals surface area (Å²) in [5.41, 5.74) is 5.97. The number of sulfone groups is 1. The van der Waals surface area contributed by atoms with E-state index in [0.29, 0.717) is 5.82 Å². The Labute approximate surface area is 189 Å². The van der Waals surface area contributed by atoms with E-state index < -0.39 is 9.84 Å². The molecule has 2 aromatic carbocycles. The molecule has 7 nitrogen and oxygen atoms in total. The minimum atomic E-state index is -3.90. The molecule has 0 aliphatic carbocycles. The van der Waals surface area contributed by atoms with Gasteiger partial charge in [0.1, 0.15) is 0 Å². The van der Waals surface area contributed by atoms with Crippen molar-refractivity contribution in [2.45, 2.75) is 37.6 Å². The van der Waals surface area contributed by atoms with Crippen LogP contribution in [-0.4, -0.2) is 28.2 Å². The van der Waals surface area contributed by atoms with Crippen LogP contribution in [0.5, 0.6) is 0 Å². The molecule has 0 atom stereocenters. The number of benzene rings is 2. The van der Waals surface area contributed by atoms with Crippen LogP contribution in [0.2, 0.25) is 0 Å². The Bertz CT molecular complexity index is 1620. The van der Waals surface area contributed by atoms with Crippen molar-refractivity contribution in [1.82, 2.24) is 19.8 Å². The Morgan fingerprint density at radius 3 is 2.50 bits per heavy atom. The number of anilines is 2. The first-order chi connectivity index (χ1) is 15.3. The Kier molecular flexibility index (Phi) is 4.75. The highest BCUT2D eigenvalue weighted by atomic mass is 32.2. The topological polar surface area (TPSA) is 89.2 Å². The Morgan fingerprint density at radius 1 is 0.938 bits per heavy atom. The van der Waals surface area contributed by atoms with Crippen LogP contribution >= 0.6 is 11.3 Å². The molecule has 5 aromatic rings. The van der Waals surface area contributed by atoms with Crippen molar-refractivity contribution in [2.24, 2.45) is 0 Å². The zero-order chi connectivity index (χ0) is 22.6. The molecule has 3 aromatic heterocycles. The maximum Gasteiger partial charge on any atom is 0.229 e. The molecular formula is C23H21N5O2S2. The molecule has 0 amide bonds. The number of rotatable bonds is 4. The summed E-state index contributed by atoms with van der Waals surface area (Å²) in [5.74, 6) is 0.579. The summed E-state index contributed by atoms with van der Waals surface area (Å²) < 4.78 is 29.3. The standard InChI is InChI=1S/C23H21N5O2S2/c1-13-5-6-15(3)18(11-13)24-21-20-19(9-10-31-20)28-22(25-21)23(26-27-28)32(29,30)17-8-7-14(2)16(4)12-17/h5-12H,1-4H3,(H,24,25). The number of hydrogen-bond donors (Lipinski definition) is 1. The van der Waals surface area contributed by atoms with Gasteiger partial charge in [-0.1, -0.05) is 23.4 Å². The highest BCUT2D eigenvalue weighted by Crippen LogP contribution is 2.33. The molecule has 0 aliphatic heterocycles. The maximum atomic E-state index is 13.4. The van der Waals surface area contributed by atoms with Crippen LogP contribution in [-0.2, 0) is 9.84 Å². The quantitative estimate of drug-likeness (QED) is 0.397. The van der Waals surface area contributed by atoms with E-state index in [0.717, 1.165) is 38.2 Å². The van der Waals surface area contributed by atoms with Crippen LogP contribution in [0, 0.1) is 27.7 Å². The minimum Gasteiger partial charge on any atom is -0.339 e. The molecule has 9 heteroatoms. The fraction of sp³-hybridized carbons (Fsp3) is 0.174. The first-order valence-corrected chi connectivity index (χ1v) is 12.4. The SMILES string of the molecule is Cc1ccc(C)c(Nc2nc3c(S(=O)(=O)c4ccc(C)c(C)c4)nnn3c3ccsc23)c1. The van der Waals surface area contributed by atoms with E-state index >= 15 is 0 Å². The van der Waals surface area contributed by atoms with Crippen molar-refractivity contribution in [2.75, 3.05) is 5.32 Å². The largest absolute Gasteiger partial charge is 0.339 e. The first kappa shape index (κ1) is 20.6. The van der Waals surface area contributed by atoms with Crippen LogP contribution in [0.15, 0.2) is 57.8 Å².